The van der Waals surface area contributed by atoms with Crippen LogP contribution in [0.3, 0.4) is 0 Å². The number of benzene rings is 3. The summed E-state index contributed by atoms with van der Waals surface area (Å²) in [5.74, 6) is 0.886. The highest BCUT2D eigenvalue weighted by atomic mass is 32.4. The molecule has 160 valence electrons. The van der Waals surface area contributed by atoms with E-state index in [0.717, 1.165) is 16.9 Å². The fraction of sp³-hybridized carbons (Fsp3) is 0.0741. The van der Waals surface area contributed by atoms with E-state index < -0.39 is 6.04 Å². The number of oxazole rings is 1. The quantitative estimate of drug-likeness (QED) is 0.325. The van der Waals surface area contributed by atoms with Crippen LogP contribution in [0.4, 0.5) is 0 Å². The predicted molar refractivity (Wildman–Crippen MR) is 137 cm³/mol. The van der Waals surface area contributed by atoms with Crippen LogP contribution in [0.25, 0.3) is 5.71 Å². The maximum Gasteiger partial charge on any atom is 0.379 e. The Morgan fingerprint density at radius 3 is 1.75 bits per heavy atom. The van der Waals surface area contributed by atoms with Gasteiger partial charge in [-0.3, -0.25) is 0 Å². The first-order valence-electron chi connectivity index (χ1n) is 10.5. The van der Waals surface area contributed by atoms with Gasteiger partial charge in [-0.05, 0) is 22.2 Å². The average Bonchev–Trinajstić information content (AvgIpc) is 3.21. The number of hydrogen-bond donors (Lipinski definition) is 1. The van der Waals surface area contributed by atoms with Gasteiger partial charge in [0.2, 0.25) is 0 Å². The van der Waals surface area contributed by atoms with Gasteiger partial charge in [0.1, 0.15) is 6.04 Å². The molecule has 0 aliphatic heterocycles. The number of rotatable bonds is 4. The third kappa shape index (κ3) is 4.44. The van der Waals surface area contributed by atoms with Gasteiger partial charge in [-0.2, -0.15) is 0 Å². The fourth-order valence-electron chi connectivity index (χ4n) is 3.71. The number of pyridine rings is 1. The normalized spacial score (nSPS) is 11.1. The van der Waals surface area contributed by atoms with Crippen LogP contribution in [0, 0.1) is 6.92 Å². The van der Waals surface area contributed by atoms with Crippen LogP contribution in [0.15, 0.2) is 120 Å². The van der Waals surface area contributed by atoms with Crippen molar-refractivity contribution in [3.8, 4) is 0 Å². The molecule has 0 aliphatic rings. The highest BCUT2D eigenvalue weighted by molar-refractivity contribution is 8.25. The first-order chi connectivity index (χ1) is 15.6. The molecule has 0 bridgehead atoms. The summed E-state index contributed by atoms with van der Waals surface area (Å²) in [4.78, 5) is 0. The molecule has 5 aromatic rings. The molecule has 0 unspecified atom stereocenters. The van der Waals surface area contributed by atoms with E-state index in [0.29, 0.717) is 6.54 Å². The largest absolute Gasteiger partial charge is 0.402 e. The number of nitrogens with zero attached hydrogens (tertiary/aromatic N) is 1. The summed E-state index contributed by atoms with van der Waals surface area (Å²) >= 11 is 6.40. The Morgan fingerprint density at radius 1 is 0.750 bits per heavy atom. The SMILES string of the molecule is Cc1oc2cccc[n+]2c1P(=S)(c1ccccc1)c1ccccc1.NCc1ccccc1. The summed E-state index contributed by atoms with van der Waals surface area (Å²) in [7, 11) is 0. The van der Waals surface area contributed by atoms with Crippen molar-refractivity contribution in [3.05, 3.63) is 127 Å². The van der Waals surface area contributed by atoms with E-state index in [2.05, 4.69) is 52.9 Å². The summed E-state index contributed by atoms with van der Waals surface area (Å²) in [5.41, 5.74) is 8.45. The minimum atomic E-state index is -2.21. The van der Waals surface area contributed by atoms with Crippen LogP contribution >= 0.6 is 6.04 Å². The van der Waals surface area contributed by atoms with Crippen molar-refractivity contribution >= 4 is 39.6 Å². The number of aryl methyl sites for hydroxylation is 1. The van der Waals surface area contributed by atoms with Gasteiger partial charge in [0.15, 0.2) is 12.0 Å². The Kier molecular flexibility index (Phi) is 6.96. The van der Waals surface area contributed by atoms with Crippen LogP contribution in [0.2, 0.25) is 0 Å². The minimum absolute atomic E-state index is 0.640. The van der Waals surface area contributed by atoms with Crippen molar-refractivity contribution in [2.75, 3.05) is 0 Å². The summed E-state index contributed by atoms with van der Waals surface area (Å²) < 4.78 is 8.12. The van der Waals surface area contributed by atoms with Gasteiger partial charge in [-0.1, -0.05) is 103 Å². The van der Waals surface area contributed by atoms with E-state index >= 15 is 0 Å². The Labute approximate surface area is 194 Å². The van der Waals surface area contributed by atoms with Gasteiger partial charge in [-0.25, -0.2) is 0 Å². The Bertz CT molecular complexity index is 1290. The molecule has 2 heterocycles. The van der Waals surface area contributed by atoms with Crippen molar-refractivity contribution in [3.63, 3.8) is 0 Å². The zero-order valence-electron chi connectivity index (χ0n) is 18.0. The molecule has 2 aromatic heterocycles. The third-order valence-corrected chi connectivity index (χ3v) is 10.2. The molecule has 0 saturated carbocycles. The van der Waals surface area contributed by atoms with Crippen LogP contribution in [0.5, 0.6) is 0 Å². The standard InChI is InChI=1S/C20H17NOPS.C7H9N/c1-16-20(21-15-9-8-14-19(21)22-16)23(24,17-10-4-2-5-11-17)18-12-6-3-7-13-18;8-6-7-4-2-1-3-5-7/h2-15H,1H3;1-5H,6,8H2/q+1;. The van der Waals surface area contributed by atoms with Crippen LogP contribution in [-0.4, -0.2) is 0 Å². The number of aromatic nitrogens is 1. The van der Waals surface area contributed by atoms with Gasteiger partial charge in [0.05, 0.1) is 6.07 Å². The van der Waals surface area contributed by atoms with E-state index in [-0.39, 0.29) is 0 Å². The maximum atomic E-state index is 6.40. The van der Waals surface area contributed by atoms with Crippen molar-refractivity contribution in [1.82, 2.24) is 0 Å². The lowest BCUT2D eigenvalue weighted by Crippen LogP contribution is -2.42. The second kappa shape index (κ2) is 10.1. The molecule has 3 aromatic carbocycles. The average molecular weight is 458 g/mol. The second-order valence-electron chi connectivity index (χ2n) is 7.36. The van der Waals surface area contributed by atoms with Crippen molar-refractivity contribution in [2.45, 2.75) is 13.5 Å². The van der Waals surface area contributed by atoms with E-state index in [1.165, 1.54) is 16.2 Å². The molecule has 2 N–H and O–H groups in total. The first-order valence-corrected chi connectivity index (χ1v) is 13.3. The van der Waals surface area contributed by atoms with Gasteiger partial charge in [0.25, 0.3) is 5.44 Å². The zero-order chi connectivity index (χ0) is 22.4. The molecule has 0 atom stereocenters. The smallest absolute Gasteiger partial charge is 0.379 e. The topological polar surface area (TPSA) is 43.3 Å². The van der Waals surface area contributed by atoms with Crippen LogP contribution < -0.4 is 26.2 Å². The van der Waals surface area contributed by atoms with Crippen molar-refractivity contribution < 1.29 is 8.82 Å². The third-order valence-electron chi connectivity index (χ3n) is 5.24. The highest BCUT2D eigenvalue weighted by Crippen LogP contribution is 2.42. The lowest BCUT2D eigenvalue weighted by molar-refractivity contribution is -0.493. The molecule has 0 aliphatic carbocycles. The van der Waals surface area contributed by atoms with Gasteiger partial charge < -0.3 is 10.2 Å². The number of hydrogen-bond acceptors (Lipinski definition) is 3. The molecule has 0 fully saturated rings. The highest BCUT2D eigenvalue weighted by Gasteiger charge is 2.37. The monoisotopic (exact) mass is 457 g/mol. The molecule has 3 nitrogen and oxygen atoms in total. The van der Waals surface area contributed by atoms with Gasteiger partial charge in [0, 0.05) is 19.5 Å². The Morgan fingerprint density at radius 2 is 1.25 bits per heavy atom. The Balaban J connectivity index is 0.000000260. The van der Waals surface area contributed by atoms with Crippen molar-refractivity contribution in [1.29, 1.82) is 0 Å². The molecule has 32 heavy (non-hydrogen) atoms. The van der Waals surface area contributed by atoms with Crippen LogP contribution in [-0.2, 0) is 18.4 Å². The maximum absolute atomic E-state index is 6.40. The van der Waals surface area contributed by atoms with E-state index in [9.17, 15) is 0 Å². The molecular weight excluding hydrogens is 431 g/mol. The van der Waals surface area contributed by atoms with Crippen molar-refractivity contribution in [2.24, 2.45) is 5.73 Å². The lowest BCUT2D eigenvalue weighted by Gasteiger charge is -2.18. The lowest BCUT2D eigenvalue weighted by atomic mass is 10.2. The first kappa shape index (κ1) is 22.2. The zero-order valence-corrected chi connectivity index (χ0v) is 19.7. The summed E-state index contributed by atoms with van der Waals surface area (Å²) in [6.45, 7) is 2.65. The summed E-state index contributed by atoms with van der Waals surface area (Å²) in [6, 6.07) is 34.6. The fourth-order valence-corrected chi connectivity index (χ4v) is 8.02. The molecule has 0 amide bonds. The summed E-state index contributed by atoms with van der Waals surface area (Å²) in [5, 5.41) is 2.35. The van der Waals surface area contributed by atoms with Gasteiger partial charge in [-0.15, -0.1) is 4.40 Å². The molecular formula is C27H26N2OPS+. The predicted octanol–water partition coefficient (Wildman–Crippen LogP) is 4.23. The number of fused-ring (bicyclic) bond motifs is 1. The number of nitrogens with two attached hydrogens (primary N) is 1. The summed E-state index contributed by atoms with van der Waals surface area (Å²) in [6.07, 6.45) is 2.04. The Hall–Kier alpha value is -3.04. The molecule has 0 saturated heterocycles. The van der Waals surface area contributed by atoms with Crippen LogP contribution in [0.1, 0.15) is 11.3 Å². The van der Waals surface area contributed by atoms with E-state index in [4.69, 9.17) is 22.0 Å². The van der Waals surface area contributed by atoms with E-state index in [1.807, 2.05) is 73.8 Å². The molecule has 5 rings (SSSR count). The van der Waals surface area contributed by atoms with E-state index in [1.54, 1.807) is 0 Å². The second-order valence-corrected chi connectivity index (χ2v) is 11.7. The van der Waals surface area contributed by atoms with Gasteiger partial charge >= 0.3 is 5.71 Å². The molecule has 5 heteroatoms. The molecule has 0 radical (unpaired) electrons. The molecule has 0 spiro atoms. The minimum Gasteiger partial charge on any atom is -0.402 e.